The number of halogens is 3. The maximum absolute atomic E-state index is 11.3. The summed E-state index contributed by atoms with van der Waals surface area (Å²) in [5.41, 5.74) is 0. The van der Waals surface area contributed by atoms with Crippen molar-refractivity contribution in [1.29, 1.82) is 0 Å². The third-order valence-electron chi connectivity index (χ3n) is 2.65. The van der Waals surface area contributed by atoms with E-state index < -0.39 is 9.96 Å². The molecule has 100 valence electrons. The van der Waals surface area contributed by atoms with Crippen molar-refractivity contribution in [2.45, 2.75) is 42.2 Å². The second-order valence-electron chi connectivity index (χ2n) is 4.05. The topological polar surface area (TPSA) is 54.9 Å². The third kappa shape index (κ3) is 5.62. The Morgan fingerprint density at radius 1 is 1.59 bits per heavy atom. The molecule has 1 aliphatic heterocycles. The average Bonchev–Trinajstić information content (AvgIpc) is 2.74. The van der Waals surface area contributed by atoms with Gasteiger partial charge in [0.2, 0.25) is 12.1 Å². The summed E-state index contributed by atoms with van der Waals surface area (Å²) in [6.07, 6.45) is 2.06. The molecule has 0 aliphatic carbocycles. The largest absolute Gasteiger partial charge is 0.372 e. The van der Waals surface area contributed by atoms with Gasteiger partial charge in [0.25, 0.3) is 3.79 Å². The van der Waals surface area contributed by atoms with Gasteiger partial charge >= 0.3 is 0 Å². The summed E-state index contributed by atoms with van der Waals surface area (Å²) in [6.45, 7) is 3.23. The van der Waals surface area contributed by atoms with E-state index >= 15 is 0 Å². The number of hydrogen-bond donors (Lipinski definition) is 2. The summed E-state index contributed by atoms with van der Waals surface area (Å²) in [5.74, 6) is -0.134. The molecular formula is C10H18Cl3N2O2+. The summed E-state index contributed by atoms with van der Waals surface area (Å²) in [4.78, 5) is 11.3. The van der Waals surface area contributed by atoms with Crippen molar-refractivity contribution < 1.29 is 14.8 Å². The van der Waals surface area contributed by atoms with E-state index in [9.17, 15) is 4.79 Å². The lowest BCUT2D eigenvalue weighted by atomic mass is 10.2. The predicted octanol–water partition coefficient (Wildman–Crippen LogP) is 0.951. The van der Waals surface area contributed by atoms with Gasteiger partial charge in [0, 0.05) is 13.0 Å². The molecule has 7 heteroatoms. The molecule has 17 heavy (non-hydrogen) atoms. The van der Waals surface area contributed by atoms with Gasteiger partial charge in [0.15, 0.2) is 0 Å². The van der Waals surface area contributed by atoms with E-state index in [1.54, 1.807) is 6.92 Å². The Morgan fingerprint density at radius 2 is 2.29 bits per heavy atom. The highest BCUT2D eigenvalue weighted by Crippen LogP contribution is 2.27. The monoisotopic (exact) mass is 303 g/mol. The number of quaternary nitrogens is 1. The third-order valence-corrected chi connectivity index (χ3v) is 3.35. The molecule has 0 radical (unpaired) electrons. The van der Waals surface area contributed by atoms with Gasteiger partial charge in [-0.2, -0.15) is 0 Å². The van der Waals surface area contributed by atoms with Crippen LogP contribution in [-0.4, -0.2) is 35.1 Å². The van der Waals surface area contributed by atoms with E-state index in [-0.39, 0.29) is 12.0 Å². The Balaban J connectivity index is 2.42. The standard InChI is InChI=1S/C10H17Cl3N2O2/c1-2-8(16)15-9(10(11,12)13)14-6-7-4-3-5-17-7/h7,9,14H,2-6H2,1H3,(H,15,16)/p+1. The molecular weight excluding hydrogens is 286 g/mol. The van der Waals surface area contributed by atoms with E-state index in [1.165, 1.54) is 0 Å². The van der Waals surface area contributed by atoms with Crippen LogP contribution < -0.4 is 10.6 Å². The predicted molar refractivity (Wildman–Crippen MR) is 68.3 cm³/mol. The van der Waals surface area contributed by atoms with Crippen molar-refractivity contribution in [2.24, 2.45) is 0 Å². The van der Waals surface area contributed by atoms with E-state index in [2.05, 4.69) is 5.32 Å². The molecule has 0 aromatic heterocycles. The molecule has 1 saturated heterocycles. The zero-order valence-electron chi connectivity index (χ0n) is 9.72. The molecule has 0 bridgehead atoms. The second kappa shape index (κ2) is 7.00. The van der Waals surface area contributed by atoms with Crippen molar-refractivity contribution in [3.05, 3.63) is 0 Å². The Bertz CT molecular complexity index is 252. The van der Waals surface area contributed by atoms with Crippen molar-refractivity contribution >= 4 is 40.7 Å². The van der Waals surface area contributed by atoms with Gasteiger partial charge in [-0.3, -0.25) is 4.79 Å². The SMILES string of the molecule is CCC(=O)NC([NH2+]CC1CCCO1)C(Cl)(Cl)Cl. The minimum Gasteiger partial charge on any atom is -0.372 e. The molecule has 1 amide bonds. The summed E-state index contributed by atoms with van der Waals surface area (Å²) < 4.78 is 3.95. The number of nitrogens with two attached hydrogens (primary N) is 1. The fourth-order valence-electron chi connectivity index (χ4n) is 1.67. The maximum atomic E-state index is 11.3. The molecule has 1 aliphatic rings. The van der Waals surface area contributed by atoms with Gasteiger partial charge < -0.3 is 15.4 Å². The van der Waals surface area contributed by atoms with Crippen LogP contribution in [0.4, 0.5) is 0 Å². The van der Waals surface area contributed by atoms with Crippen LogP contribution in [0.2, 0.25) is 0 Å². The number of carbonyl (C=O) groups excluding carboxylic acids is 1. The molecule has 1 heterocycles. The highest BCUT2D eigenvalue weighted by Gasteiger charge is 2.37. The normalized spacial score (nSPS) is 22.5. The lowest BCUT2D eigenvalue weighted by Crippen LogP contribution is -2.97. The van der Waals surface area contributed by atoms with Gasteiger partial charge in [-0.05, 0) is 12.8 Å². The Labute approximate surface area is 116 Å². The van der Waals surface area contributed by atoms with Gasteiger partial charge in [-0.1, -0.05) is 41.7 Å². The number of alkyl halides is 3. The smallest absolute Gasteiger partial charge is 0.262 e. The lowest BCUT2D eigenvalue weighted by molar-refractivity contribution is -0.697. The molecule has 0 aromatic rings. The van der Waals surface area contributed by atoms with E-state index in [0.717, 1.165) is 19.4 Å². The van der Waals surface area contributed by atoms with Gasteiger partial charge in [-0.15, -0.1) is 0 Å². The fourth-order valence-corrected chi connectivity index (χ4v) is 2.10. The van der Waals surface area contributed by atoms with Crippen molar-refractivity contribution in [1.82, 2.24) is 5.32 Å². The molecule has 0 spiro atoms. The first-order chi connectivity index (χ1) is 7.93. The highest BCUT2D eigenvalue weighted by atomic mass is 35.6. The molecule has 0 aromatic carbocycles. The van der Waals surface area contributed by atoms with Crippen molar-refractivity contribution in [2.75, 3.05) is 13.2 Å². The summed E-state index contributed by atoms with van der Waals surface area (Å²) in [6, 6.07) is 0. The molecule has 2 atom stereocenters. The van der Waals surface area contributed by atoms with Crippen LogP contribution in [0.15, 0.2) is 0 Å². The number of nitrogens with one attached hydrogen (secondary N) is 1. The Morgan fingerprint density at radius 3 is 2.76 bits per heavy atom. The molecule has 4 nitrogen and oxygen atoms in total. The summed E-state index contributed by atoms with van der Waals surface area (Å²) in [5, 5.41) is 4.50. The first-order valence-corrected chi connectivity index (χ1v) is 6.88. The minimum absolute atomic E-state index is 0.134. The van der Waals surface area contributed by atoms with Gasteiger partial charge in [0.1, 0.15) is 12.6 Å². The van der Waals surface area contributed by atoms with Crippen LogP contribution in [0.1, 0.15) is 26.2 Å². The number of carbonyl (C=O) groups is 1. The van der Waals surface area contributed by atoms with E-state index in [0.29, 0.717) is 13.0 Å². The lowest BCUT2D eigenvalue weighted by Gasteiger charge is -2.24. The van der Waals surface area contributed by atoms with Gasteiger partial charge in [0.05, 0.1) is 0 Å². The second-order valence-corrected chi connectivity index (χ2v) is 6.42. The zero-order valence-corrected chi connectivity index (χ0v) is 12.0. The number of ether oxygens (including phenoxy) is 1. The zero-order chi connectivity index (χ0) is 12.9. The molecule has 3 N–H and O–H groups in total. The van der Waals surface area contributed by atoms with Crippen LogP contribution in [0.25, 0.3) is 0 Å². The highest BCUT2D eigenvalue weighted by molar-refractivity contribution is 6.68. The van der Waals surface area contributed by atoms with Crippen LogP contribution in [0.5, 0.6) is 0 Å². The fraction of sp³-hybridized carbons (Fsp3) is 0.900. The summed E-state index contributed by atoms with van der Waals surface area (Å²) >= 11 is 17.5. The van der Waals surface area contributed by atoms with E-state index in [4.69, 9.17) is 39.5 Å². The van der Waals surface area contributed by atoms with Crippen LogP contribution in [-0.2, 0) is 9.53 Å². The van der Waals surface area contributed by atoms with E-state index in [1.807, 2.05) is 5.32 Å². The first kappa shape index (κ1) is 15.3. The number of amides is 1. The molecule has 1 fully saturated rings. The molecule has 1 rings (SSSR count). The Hall–Kier alpha value is 0.260. The minimum atomic E-state index is -1.52. The Kier molecular flexibility index (Phi) is 6.31. The quantitative estimate of drug-likeness (QED) is 0.587. The average molecular weight is 305 g/mol. The number of hydrogen-bond acceptors (Lipinski definition) is 2. The van der Waals surface area contributed by atoms with Crippen molar-refractivity contribution in [3.63, 3.8) is 0 Å². The maximum Gasteiger partial charge on any atom is 0.262 e. The van der Waals surface area contributed by atoms with Gasteiger partial charge in [-0.25, -0.2) is 0 Å². The molecule has 0 saturated carbocycles. The van der Waals surface area contributed by atoms with Crippen molar-refractivity contribution in [3.8, 4) is 0 Å². The summed E-state index contributed by atoms with van der Waals surface area (Å²) in [7, 11) is 0. The first-order valence-electron chi connectivity index (χ1n) is 5.74. The van der Waals surface area contributed by atoms with Crippen LogP contribution in [0, 0.1) is 0 Å². The van der Waals surface area contributed by atoms with Crippen LogP contribution in [0.3, 0.4) is 0 Å². The molecule has 2 unspecified atom stereocenters. The number of rotatable bonds is 5. The van der Waals surface area contributed by atoms with Crippen LogP contribution >= 0.6 is 34.8 Å².